The molecule has 1 aliphatic heterocycles. The topological polar surface area (TPSA) is 88.6 Å². The lowest BCUT2D eigenvalue weighted by Crippen LogP contribution is -2.42. The Morgan fingerprint density at radius 1 is 1.34 bits per heavy atom. The number of rotatable bonds is 4. The van der Waals surface area contributed by atoms with Crippen LogP contribution in [0, 0.1) is 11.7 Å². The van der Waals surface area contributed by atoms with Crippen LogP contribution in [0.3, 0.4) is 0 Å². The van der Waals surface area contributed by atoms with Gasteiger partial charge in [-0.3, -0.25) is 4.79 Å². The Balaban J connectivity index is 0.00000240. The van der Waals surface area contributed by atoms with Crippen LogP contribution in [0.5, 0.6) is 0 Å². The van der Waals surface area contributed by atoms with Gasteiger partial charge in [-0.1, -0.05) is 11.6 Å². The first-order chi connectivity index (χ1) is 13.1. The van der Waals surface area contributed by atoms with E-state index in [9.17, 15) is 14.7 Å². The Labute approximate surface area is 178 Å². The highest BCUT2D eigenvalue weighted by Crippen LogP contribution is 2.43. The maximum atomic E-state index is 15.1. The van der Waals surface area contributed by atoms with Crippen molar-refractivity contribution in [2.75, 3.05) is 18.0 Å². The molecule has 1 atom stereocenters. The lowest BCUT2D eigenvalue weighted by Gasteiger charge is -2.28. The van der Waals surface area contributed by atoms with Crippen molar-refractivity contribution in [3.05, 3.63) is 38.9 Å². The van der Waals surface area contributed by atoms with Crippen LogP contribution in [0.25, 0.3) is 10.9 Å². The smallest absolute Gasteiger partial charge is 0.341 e. The van der Waals surface area contributed by atoms with Crippen LogP contribution in [-0.4, -0.2) is 34.3 Å². The molecule has 2 heterocycles. The summed E-state index contributed by atoms with van der Waals surface area (Å²) in [5.41, 5.74) is 5.43. The Kier molecular flexibility index (Phi) is 5.62. The van der Waals surface area contributed by atoms with Crippen molar-refractivity contribution in [1.82, 2.24) is 4.57 Å². The first-order valence-corrected chi connectivity index (χ1v) is 9.81. The van der Waals surface area contributed by atoms with E-state index in [4.69, 9.17) is 17.3 Å². The second kappa shape index (κ2) is 7.45. The zero-order valence-corrected chi connectivity index (χ0v) is 17.8. The fraction of sp³-hybridized carbons (Fsp3) is 0.500. The zero-order valence-electron chi connectivity index (χ0n) is 16.2. The third-order valence-corrected chi connectivity index (χ3v) is 6.27. The predicted molar refractivity (Wildman–Crippen MR) is 114 cm³/mol. The summed E-state index contributed by atoms with van der Waals surface area (Å²) in [6.07, 6.45) is 3.90. The van der Waals surface area contributed by atoms with Crippen molar-refractivity contribution in [2.45, 2.75) is 44.7 Å². The monoisotopic (exact) mass is 443 g/mol. The number of fused-ring (bicyclic) bond motifs is 1. The quantitative estimate of drug-likeness (QED) is 0.749. The minimum Gasteiger partial charge on any atom is -0.477 e. The van der Waals surface area contributed by atoms with Crippen molar-refractivity contribution in [3.63, 3.8) is 0 Å². The number of benzene rings is 1. The van der Waals surface area contributed by atoms with E-state index in [-0.39, 0.29) is 51.6 Å². The average Bonchev–Trinajstić information content (AvgIpc) is 3.31. The SMILES string of the molecule is CC(C)(N)[C@@H]1CCN(c2c(F)cc3c(=O)c(C(=O)O)cn(C4CC4)c3c2Cl)C1.Cl. The molecule has 9 heteroatoms. The Hall–Kier alpha value is -1.83. The van der Waals surface area contributed by atoms with E-state index in [1.165, 1.54) is 6.20 Å². The molecule has 1 aromatic heterocycles. The molecule has 0 bridgehead atoms. The van der Waals surface area contributed by atoms with E-state index < -0.39 is 17.2 Å². The third kappa shape index (κ3) is 3.71. The molecule has 1 aliphatic carbocycles. The fourth-order valence-electron chi connectivity index (χ4n) is 4.09. The van der Waals surface area contributed by atoms with Gasteiger partial charge in [0, 0.05) is 30.9 Å². The van der Waals surface area contributed by atoms with Crippen LogP contribution in [0.15, 0.2) is 17.1 Å². The van der Waals surface area contributed by atoms with Gasteiger partial charge >= 0.3 is 5.97 Å². The highest BCUT2D eigenvalue weighted by atomic mass is 35.5. The maximum absolute atomic E-state index is 15.1. The minimum atomic E-state index is -1.32. The second-order valence-corrected chi connectivity index (χ2v) is 8.86. The first kappa shape index (κ1) is 21.9. The van der Waals surface area contributed by atoms with E-state index in [2.05, 4.69) is 0 Å². The summed E-state index contributed by atoms with van der Waals surface area (Å²) >= 11 is 6.65. The lowest BCUT2D eigenvalue weighted by molar-refractivity contribution is 0.0695. The van der Waals surface area contributed by atoms with Crippen molar-refractivity contribution >= 4 is 46.6 Å². The van der Waals surface area contributed by atoms with Gasteiger partial charge in [-0.2, -0.15) is 0 Å². The number of carboxylic acid groups (broad SMARTS) is 1. The molecule has 1 saturated carbocycles. The molecule has 0 amide bonds. The summed E-state index contributed by atoms with van der Waals surface area (Å²) in [6, 6.07) is 1.21. The number of pyridine rings is 1. The van der Waals surface area contributed by atoms with Crippen molar-refractivity contribution in [3.8, 4) is 0 Å². The van der Waals surface area contributed by atoms with Crippen molar-refractivity contribution < 1.29 is 14.3 Å². The summed E-state index contributed by atoms with van der Waals surface area (Å²) in [7, 11) is 0. The van der Waals surface area contributed by atoms with E-state index >= 15 is 4.39 Å². The molecule has 2 aliphatic rings. The maximum Gasteiger partial charge on any atom is 0.341 e. The van der Waals surface area contributed by atoms with E-state index in [1.54, 1.807) is 4.57 Å². The number of aromatic carboxylic acids is 1. The molecule has 3 N–H and O–H groups in total. The zero-order chi connectivity index (χ0) is 20.4. The standard InChI is InChI=1S/C20H23ClFN3O3.ClH/c1-20(2,23)10-5-6-24(8-10)17-14(22)7-12-16(15(17)21)25(11-3-4-11)9-13(18(12)26)19(27)28;/h7,9-11H,3-6,8,23H2,1-2H3,(H,27,28);1H/t10-;/m1./s1. The van der Waals surface area contributed by atoms with Crippen LogP contribution in [-0.2, 0) is 0 Å². The number of carbonyl (C=O) groups is 1. The molecule has 6 nitrogen and oxygen atoms in total. The molecule has 0 unspecified atom stereocenters. The van der Waals surface area contributed by atoms with Gasteiger partial charge in [0.2, 0.25) is 5.43 Å². The Bertz CT molecular complexity index is 1040. The molecule has 1 aromatic carbocycles. The van der Waals surface area contributed by atoms with Gasteiger partial charge in [0.1, 0.15) is 11.4 Å². The number of hydrogen-bond donors (Lipinski definition) is 2. The van der Waals surface area contributed by atoms with E-state index in [1.807, 2.05) is 18.7 Å². The van der Waals surface area contributed by atoms with Crippen LogP contribution in [0.2, 0.25) is 5.02 Å². The minimum absolute atomic E-state index is 0. The summed E-state index contributed by atoms with van der Waals surface area (Å²) in [5.74, 6) is -1.75. The molecule has 4 rings (SSSR count). The predicted octanol–water partition coefficient (Wildman–Crippen LogP) is 3.81. The molecule has 2 aromatic rings. The molecule has 1 saturated heterocycles. The first-order valence-electron chi connectivity index (χ1n) is 9.43. The van der Waals surface area contributed by atoms with Gasteiger partial charge in [-0.15, -0.1) is 12.4 Å². The van der Waals surface area contributed by atoms with Gasteiger partial charge in [-0.25, -0.2) is 9.18 Å². The highest BCUT2D eigenvalue weighted by Gasteiger charge is 2.35. The number of aromatic nitrogens is 1. The summed E-state index contributed by atoms with van der Waals surface area (Å²) in [5, 5.41) is 9.53. The molecule has 29 heavy (non-hydrogen) atoms. The Morgan fingerprint density at radius 3 is 2.52 bits per heavy atom. The number of nitrogens with zero attached hydrogens (tertiary/aromatic N) is 2. The summed E-state index contributed by atoms with van der Waals surface area (Å²) in [4.78, 5) is 26.0. The van der Waals surface area contributed by atoms with Crippen LogP contribution in [0.4, 0.5) is 10.1 Å². The molecular formula is C20H24Cl2FN3O3. The lowest BCUT2D eigenvalue weighted by atomic mass is 9.88. The van der Waals surface area contributed by atoms with Gasteiger partial charge in [-0.05, 0) is 45.1 Å². The van der Waals surface area contributed by atoms with Gasteiger partial charge in [0.15, 0.2) is 0 Å². The number of halogens is 3. The molecule has 2 fully saturated rings. The fourth-order valence-corrected chi connectivity index (χ4v) is 4.49. The molecule has 0 spiro atoms. The Morgan fingerprint density at radius 2 is 2.00 bits per heavy atom. The van der Waals surface area contributed by atoms with Crippen molar-refractivity contribution in [2.24, 2.45) is 11.7 Å². The van der Waals surface area contributed by atoms with Gasteiger partial charge in [0.25, 0.3) is 0 Å². The van der Waals surface area contributed by atoms with E-state index in [0.29, 0.717) is 18.6 Å². The van der Waals surface area contributed by atoms with Crippen molar-refractivity contribution in [1.29, 1.82) is 0 Å². The van der Waals surface area contributed by atoms with E-state index in [0.717, 1.165) is 25.3 Å². The number of carboxylic acids is 1. The largest absolute Gasteiger partial charge is 0.477 e. The average molecular weight is 444 g/mol. The van der Waals surface area contributed by atoms with Crippen LogP contribution < -0.4 is 16.1 Å². The van der Waals surface area contributed by atoms with Gasteiger partial charge < -0.3 is 20.3 Å². The van der Waals surface area contributed by atoms with Crippen LogP contribution >= 0.6 is 24.0 Å². The van der Waals surface area contributed by atoms with Gasteiger partial charge in [0.05, 0.1) is 21.6 Å². The molecular weight excluding hydrogens is 420 g/mol. The normalized spacial score (nSPS) is 19.5. The second-order valence-electron chi connectivity index (χ2n) is 8.49. The molecule has 0 radical (unpaired) electrons. The molecule has 158 valence electrons. The summed E-state index contributed by atoms with van der Waals surface area (Å²) in [6.45, 7) is 5.11. The number of anilines is 1. The summed E-state index contributed by atoms with van der Waals surface area (Å²) < 4.78 is 16.8. The number of hydrogen-bond acceptors (Lipinski definition) is 4. The highest BCUT2D eigenvalue weighted by molar-refractivity contribution is 6.38. The number of nitrogens with two attached hydrogens (primary N) is 1. The van der Waals surface area contributed by atoms with Crippen LogP contribution in [0.1, 0.15) is 49.5 Å². The third-order valence-electron chi connectivity index (χ3n) is 5.91.